The molecule has 2 heterocycles. The van der Waals surface area contributed by atoms with Crippen molar-refractivity contribution in [1.82, 2.24) is 9.80 Å². The summed E-state index contributed by atoms with van der Waals surface area (Å²) < 4.78 is 0. The van der Waals surface area contributed by atoms with E-state index in [1.165, 1.54) is 64.2 Å². The number of hydrogen-bond acceptors (Lipinski definition) is 4. The smallest absolute Gasteiger partial charge is 0.185 e. The molecule has 6 heteroatoms. The van der Waals surface area contributed by atoms with Crippen molar-refractivity contribution in [2.24, 2.45) is 16.5 Å². The Labute approximate surface area is 196 Å². The van der Waals surface area contributed by atoms with Crippen LogP contribution in [-0.4, -0.2) is 58.9 Å². The van der Waals surface area contributed by atoms with Gasteiger partial charge in [-0.2, -0.15) is 0 Å². The van der Waals surface area contributed by atoms with E-state index in [1.54, 1.807) is 0 Å². The lowest BCUT2D eigenvalue weighted by molar-refractivity contribution is -0.122. The second kappa shape index (κ2) is 15.5. The summed E-state index contributed by atoms with van der Waals surface area (Å²) in [6.07, 6.45) is 24.8. The van der Waals surface area contributed by atoms with Gasteiger partial charge in [0.25, 0.3) is 0 Å². The molecule has 184 valence electrons. The maximum absolute atomic E-state index is 11.3. The quantitative estimate of drug-likeness (QED) is 0.125. The molecule has 0 bridgehead atoms. The Morgan fingerprint density at radius 2 is 1.62 bits per heavy atom. The van der Waals surface area contributed by atoms with Gasteiger partial charge in [-0.05, 0) is 57.6 Å². The van der Waals surface area contributed by atoms with Gasteiger partial charge in [0.15, 0.2) is 5.96 Å². The summed E-state index contributed by atoms with van der Waals surface area (Å²) in [7, 11) is 0. The summed E-state index contributed by atoms with van der Waals surface area (Å²) in [6, 6.07) is 0. The number of aliphatic imine (C=N–C) groups is 1. The van der Waals surface area contributed by atoms with Gasteiger partial charge >= 0.3 is 0 Å². The SMILES string of the molecule is C=CCCCCCCCCCCCCC1(O)C=CC2N(CCCCN=C(N)N)CCCN21. The summed E-state index contributed by atoms with van der Waals surface area (Å²) in [6.45, 7) is 7.57. The molecule has 2 unspecified atom stereocenters. The molecule has 2 aliphatic rings. The van der Waals surface area contributed by atoms with Crippen LogP contribution in [0.1, 0.15) is 96.3 Å². The summed E-state index contributed by atoms with van der Waals surface area (Å²) in [5, 5.41) is 11.3. The monoisotopic (exact) mass is 447 g/mol. The maximum Gasteiger partial charge on any atom is 0.185 e. The predicted molar refractivity (Wildman–Crippen MR) is 136 cm³/mol. The molecule has 0 radical (unpaired) electrons. The summed E-state index contributed by atoms with van der Waals surface area (Å²) in [5.41, 5.74) is 10.0. The average molecular weight is 448 g/mol. The van der Waals surface area contributed by atoms with E-state index in [2.05, 4.69) is 33.5 Å². The van der Waals surface area contributed by atoms with Crippen molar-refractivity contribution in [3.8, 4) is 0 Å². The molecule has 0 aromatic carbocycles. The normalized spacial score (nSPS) is 23.3. The van der Waals surface area contributed by atoms with E-state index in [0.29, 0.717) is 6.54 Å². The van der Waals surface area contributed by atoms with Crippen molar-refractivity contribution in [3.05, 3.63) is 24.8 Å². The Morgan fingerprint density at radius 1 is 0.969 bits per heavy atom. The van der Waals surface area contributed by atoms with Crippen LogP contribution in [0.15, 0.2) is 29.8 Å². The molecule has 2 aliphatic heterocycles. The highest BCUT2D eigenvalue weighted by Gasteiger charge is 2.43. The standard InChI is InChI=1S/C26H49N5O/c1-2-3-4-5-6-7-8-9-10-11-12-13-18-26(32)19-17-24-30(22-16-23-31(24)26)21-15-14-20-29-25(27)28/h2,17,19,24,32H,1,3-16,18,20-23H2,(H4,27,28,29). The van der Waals surface area contributed by atoms with Gasteiger partial charge in [0.2, 0.25) is 0 Å². The summed E-state index contributed by atoms with van der Waals surface area (Å²) >= 11 is 0. The first-order valence-corrected chi connectivity index (χ1v) is 13.2. The molecule has 0 amide bonds. The van der Waals surface area contributed by atoms with Crippen LogP contribution in [0.5, 0.6) is 0 Å². The highest BCUT2D eigenvalue weighted by molar-refractivity contribution is 5.75. The number of aliphatic hydroxyl groups is 1. The highest BCUT2D eigenvalue weighted by Crippen LogP contribution is 2.34. The van der Waals surface area contributed by atoms with E-state index in [1.807, 2.05) is 6.08 Å². The van der Waals surface area contributed by atoms with Gasteiger partial charge in [-0.15, -0.1) is 6.58 Å². The van der Waals surface area contributed by atoms with Crippen molar-refractivity contribution >= 4 is 5.96 Å². The number of guanidine groups is 1. The molecule has 5 N–H and O–H groups in total. The van der Waals surface area contributed by atoms with Crippen molar-refractivity contribution in [3.63, 3.8) is 0 Å². The zero-order valence-corrected chi connectivity index (χ0v) is 20.4. The van der Waals surface area contributed by atoms with E-state index < -0.39 is 5.72 Å². The molecule has 0 spiro atoms. The van der Waals surface area contributed by atoms with Crippen LogP contribution in [0, 0.1) is 0 Å². The van der Waals surface area contributed by atoms with Crippen LogP contribution in [0.25, 0.3) is 0 Å². The van der Waals surface area contributed by atoms with Gasteiger partial charge in [-0.3, -0.25) is 14.8 Å². The van der Waals surface area contributed by atoms with E-state index in [4.69, 9.17) is 11.5 Å². The molecule has 6 nitrogen and oxygen atoms in total. The fourth-order valence-corrected chi connectivity index (χ4v) is 5.08. The fraction of sp³-hybridized carbons (Fsp3) is 0.808. The van der Waals surface area contributed by atoms with Gasteiger partial charge < -0.3 is 16.6 Å². The Bertz CT molecular complexity index is 575. The minimum atomic E-state index is -0.757. The maximum atomic E-state index is 11.3. The predicted octanol–water partition coefficient (Wildman–Crippen LogP) is 4.50. The third-order valence-corrected chi connectivity index (χ3v) is 6.92. The number of allylic oxidation sites excluding steroid dienone is 1. The lowest BCUT2D eigenvalue weighted by Crippen LogP contribution is -2.58. The molecule has 2 atom stereocenters. The Hall–Kier alpha value is -1.37. The zero-order chi connectivity index (χ0) is 23.1. The zero-order valence-electron chi connectivity index (χ0n) is 20.4. The molecular formula is C26H49N5O. The van der Waals surface area contributed by atoms with E-state index in [-0.39, 0.29) is 12.1 Å². The Kier molecular flexibility index (Phi) is 13.0. The van der Waals surface area contributed by atoms with Crippen LogP contribution in [0.4, 0.5) is 0 Å². The molecule has 0 aromatic heterocycles. The molecule has 0 aliphatic carbocycles. The lowest BCUT2D eigenvalue weighted by atomic mass is 10.0. The Balaban J connectivity index is 1.56. The average Bonchev–Trinajstić information content (AvgIpc) is 3.12. The topological polar surface area (TPSA) is 91.1 Å². The van der Waals surface area contributed by atoms with Crippen LogP contribution in [-0.2, 0) is 0 Å². The number of unbranched alkanes of at least 4 members (excludes halogenated alkanes) is 11. The second-order valence-corrected chi connectivity index (χ2v) is 9.61. The first-order valence-electron chi connectivity index (χ1n) is 13.2. The molecule has 1 saturated heterocycles. The molecular weight excluding hydrogens is 398 g/mol. The van der Waals surface area contributed by atoms with Crippen molar-refractivity contribution < 1.29 is 5.11 Å². The molecule has 0 aromatic rings. The third-order valence-electron chi connectivity index (χ3n) is 6.92. The lowest BCUT2D eigenvalue weighted by Gasteiger charge is -2.45. The summed E-state index contributed by atoms with van der Waals surface area (Å²) in [5.74, 6) is 0.174. The largest absolute Gasteiger partial charge is 0.372 e. The van der Waals surface area contributed by atoms with Crippen LogP contribution in [0.3, 0.4) is 0 Å². The number of nitrogens with two attached hydrogens (primary N) is 2. The van der Waals surface area contributed by atoms with Gasteiger partial charge in [0, 0.05) is 19.6 Å². The molecule has 0 saturated carbocycles. The van der Waals surface area contributed by atoms with E-state index in [0.717, 1.165) is 51.7 Å². The van der Waals surface area contributed by atoms with Gasteiger partial charge in [-0.1, -0.05) is 63.5 Å². The molecule has 32 heavy (non-hydrogen) atoms. The molecule has 2 rings (SSSR count). The number of nitrogens with zero attached hydrogens (tertiary/aromatic N) is 3. The van der Waals surface area contributed by atoms with Crippen LogP contribution >= 0.6 is 0 Å². The van der Waals surface area contributed by atoms with Gasteiger partial charge in [-0.25, -0.2) is 0 Å². The van der Waals surface area contributed by atoms with Crippen LogP contribution < -0.4 is 11.5 Å². The number of rotatable bonds is 18. The van der Waals surface area contributed by atoms with Gasteiger partial charge in [0.05, 0.1) is 6.17 Å². The minimum Gasteiger partial charge on any atom is -0.372 e. The first-order chi connectivity index (χ1) is 15.6. The van der Waals surface area contributed by atoms with Crippen molar-refractivity contribution in [2.45, 2.75) is 108 Å². The molecule has 1 fully saturated rings. The second-order valence-electron chi connectivity index (χ2n) is 9.61. The Morgan fingerprint density at radius 3 is 2.28 bits per heavy atom. The third kappa shape index (κ3) is 9.63. The van der Waals surface area contributed by atoms with E-state index in [9.17, 15) is 5.11 Å². The van der Waals surface area contributed by atoms with Crippen molar-refractivity contribution in [2.75, 3.05) is 26.2 Å². The fourth-order valence-electron chi connectivity index (χ4n) is 5.08. The van der Waals surface area contributed by atoms with E-state index >= 15 is 0 Å². The van der Waals surface area contributed by atoms with Gasteiger partial charge in [0.1, 0.15) is 5.72 Å². The highest BCUT2D eigenvalue weighted by atomic mass is 16.3. The number of hydrogen-bond donors (Lipinski definition) is 3. The first kappa shape index (κ1) is 26.9. The minimum absolute atomic E-state index is 0.174. The van der Waals surface area contributed by atoms with Crippen LogP contribution in [0.2, 0.25) is 0 Å². The summed E-state index contributed by atoms with van der Waals surface area (Å²) in [4.78, 5) is 8.86. The van der Waals surface area contributed by atoms with Crippen molar-refractivity contribution in [1.29, 1.82) is 0 Å². The number of fused-ring (bicyclic) bond motifs is 1.